The quantitative estimate of drug-likeness (QED) is 0.241. The van der Waals surface area contributed by atoms with Gasteiger partial charge in [0, 0.05) is 24.0 Å². The number of rotatable bonds is 7. The van der Waals surface area contributed by atoms with Crippen LogP contribution in [-0.4, -0.2) is 37.0 Å². The number of fused-ring (bicyclic) bond motifs is 1. The zero-order valence-corrected chi connectivity index (χ0v) is 23.1. The number of nitrogens with zero attached hydrogens (tertiary/aromatic N) is 2. The maximum Gasteiger partial charge on any atom is 0.304 e. The summed E-state index contributed by atoms with van der Waals surface area (Å²) in [5.41, 5.74) is 4.27. The van der Waals surface area contributed by atoms with Gasteiger partial charge < -0.3 is 18.9 Å². The van der Waals surface area contributed by atoms with E-state index in [2.05, 4.69) is 10.3 Å². The van der Waals surface area contributed by atoms with Crippen molar-refractivity contribution < 1.29 is 27.6 Å². The van der Waals surface area contributed by atoms with Crippen molar-refractivity contribution in [2.75, 3.05) is 19.1 Å². The minimum absolute atomic E-state index is 0.0114. The normalized spacial score (nSPS) is 12.9. The van der Waals surface area contributed by atoms with Gasteiger partial charge >= 0.3 is 6.01 Å². The van der Waals surface area contributed by atoms with Crippen LogP contribution in [0.25, 0.3) is 33.4 Å². The number of carbonyl (C=O) groups is 2. The van der Waals surface area contributed by atoms with Gasteiger partial charge in [0.15, 0.2) is 0 Å². The number of nitrogens with one attached hydrogen (secondary N) is 1. The smallest absolute Gasteiger partial charge is 0.304 e. The van der Waals surface area contributed by atoms with Crippen LogP contribution in [0.4, 0.5) is 10.4 Å². The number of carbonyl (C=O) groups excluding carboxylic acids is 2. The third-order valence-electron chi connectivity index (χ3n) is 7.28. The minimum Gasteiger partial charge on any atom is -0.496 e. The zero-order valence-electron chi connectivity index (χ0n) is 23.1. The highest BCUT2D eigenvalue weighted by Gasteiger charge is 2.38. The molecule has 1 fully saturated rings. The van der Waals surface area contributed by atoms with Crippen LogP contribution in [0.1, 0.15) is 44.9 Å². The van der Waals surface area contributed by atoms with Gasteiger partial charge in [-0.3, -0.25) is 14.5 Å². The molecule has 2 heterocycles. The molecule has 0 atom stereocenters. The molecule has 5 aromatic rings. The average molecular weight is 554 g/mol. The van der Waals surface area contributed by atoms with Crippen LogP contribution in [0.3, 0.4) is 0 Å². The highest BCUT2D eigenvalue weighted by molar-refractivity contribution is 6.12. The van der Waals surface area contributed by atoms with E-state index in [-0.39, 0.29) is 29.7 Å². The van der Waals surface area contributed by atoms with Crippen LogP contribution in [0.15, 0.2) is 69.6 Å². The van der Waals surface area contributed by atoms with Crippen LogP contribution < -0.4 is 15.0 Å². The summed E-state index contributed by atoms with van der Waals surface area (Å²) in [7, 11) is 3.08. The lowest BCUT2D eigenvalue weighted by molar-refractivity contribution is 0.0960. The largest absolute Gasteiger partial charge is 0.496 e. The van der Waals surface area contributed by atoms with Crippen LogP contribution in [0, 0.1) is 19.7 Å². The van der Waals surface area contributed by atoms with E-state index in [1.54, 1.807) is 43.3 Å². The predicted octanol–water partition coefficient (Wildman–Crippen LogP) is 6.69. The number of halogens is 1. The minimum atomic E-state index is -0.382. The lowest BCUT2D eigenvalue weighted by atomic mass is 9.95. The number of benzene rings is 3. The number of methoxy groups -OCH3 is 1. The Balaban J connectivity index is 1.48. The average Bonchev–Trinajstić information content (AvgIpc) is 3.60. The van der Waals surface area contributed by atoms with E-state index in [9.17, 15) is 14.0 Å². The second-order valence-corrected chi connectivity index (χ2v) is 10.1. The SMILES string of the molecule is CNC(=O)c1c(-c2ccc(F)cc2)oc2ccc(-c3cc(C(=O)N(c4ncc(C)o4)C4CC4)c(OC)cc3C)cc12. The molecule has 8 nitrogen and oxygen atoms in total. The van der Waals surface area contributed by atoms with Gasteiger partial charge in [0.05, 0.1) is 24.4 Å². The molecule has 1 saturated carbocycles. The Bertz CT molecular complexity index is 1800. The van der Waals surface area contributed by atoms with E-state index >= 15 is 0 Å². The molecule has 0 spiro atoms. The van der Waals surface area contributed by atoms with E-state index in [0.29, 0.717) is 44.9 Å². The number of hydrogen-bond donors (Lipinski definition) is 1. The van der Waals surface area contributed by atoms with Gasteiger partial charge in [-0.1, -0.05) is 6.07 Å². The topological polar surface area (TPSA) is 97.8 Å². The number of ether oxygens (including phenoxy) is 1. The number of aromatic nitrogens is 1. The molecule has 9 heteroatoms. The van der Waals surface area contributed by atoms with Gasteiger partial charge in [-0.2, -0.15) is 0 Å². The second-order valence-electron chi connectivity index (χ2n) is 10.1. The summed E-state index contributed by atoms with van der Waals surface area (Å²) < 4.78 is 31.1. The van der Waals surface area contributed by atoms with E-state index in [4.69, 9.17) is 13.6 Å². The first-order chi connectivity index (χ1) is 19.8. The summed E-state index contributed by atoms with van der Waals surface area (Å²) in [5, 5.41) is 3.28. The maximum absolute atomic E-state index is 13.9. The molecule has 2 aromatic heterocycles. The first-order valence-corrected chi connectivity index (χ1v) is 13.3. The van der Waals surface area contributed by atoms with E-state index < -0.39 is 0 Å². The molecule has 2 amide bonds. The van der Waals surface area contributed by atoms with Crippen LogP contribution in [0.5, 0.6) is 5.75 Å². The van der Waals surface area contributed by atoms with Gasteiger partial charge in [0.25, 0.3) is 11.8 Å². The van der Waals surface area contributed by atoms with E-state index in [1.807, 2.05) is 31.2 Å². The predicted molar refractivity (Wildman–Crippen MR) is 153 cm³/mol. The fourth-order valence-electron chi connectivity index (χ4n) is 5.07. The highest BCUT2D eigenvalue weighted by atomic mass is 19.1. The summed E-state index contributed by atoms with van der Waals surface area (Å²) in [5.74, 6) is 0.437. The lowest BCUT2D eigenvalue weighted by Gasteiger charge is -2.21. The molecular formula is C32H28FN3O5. The van der Waals surface area contributed by atoms with Crippen molar-refractivity contribution in [1.82, 2.24) is 10.3 Å². The third kappa shape index (κ3) is 4.73. The monoisotopic (exact) mass is 553 g/mol. The number of amides is 2. The summed E-state index contributed by atoms with van der Waals surface area (Å²) in [6.45, 7) is 3.72. The Morgan fingerprint density at radius 2 is 1.76 bits per heavy atom. The van der Waals surface area contributed by atoms with Crippen molar-refractivity contribution in [3.8, 4) is 28.2 Å². The first kappa shape index (κ1) is 26.3. The van der Waals surface area contributed by atoms with Gasteiger partial charge in [-0.25, -0.2) is 9.37 Å². The number of aryl methyl sites for hydroxylation is 2. The molecule has 0 unspecified atom stereocenters. The second kappa shape index (κ2) is 10.2. The van der Waals surface area contributed by atoms with Crippen molar-refractivity contribution in [2.45, 2.75) is 32.7 Å². The van der Waals surface area contributed by atoms with Crippen molar-refractivity contribution in [1.29, 1.82) is 0 Å². The van der Waals surface area contributed by atoms with Crippen molar-refractivity contribution in [2.24, 2.45) is 0 Å². The highest BCUT2D eigenvalue weighted by Crippen LogP contribution is 2.39. The fourth-order valence-corrected chi connectivity index (χ4v) is 5.07. The van der Waals surface area contributed by atoms with Gasteiger partial charge in [-0.15, -0.1) is 0 Å². The first-order valence-electron chi connectivity index (χ1n) is 13.3. The summed E-state index contributed by atoms with van der Waals surface area (Å²) in [6, 6.07) is 15.3. The Morgan fingerprint density at radius 1 is 1.02 bits per heavy atom. The molecule has 0 bridgehead atoms. The number of anilines is 1. The third-order valence-corrected chi connectivity index (χ3v) is 7.28. The molecular weight excluding hydrogens is 525 g/mol. The number of hydrogen-bond acceptors (Lipinski definition) is 6. The van der Waals surface area contributed by atoms with Crippen molar-refractivity contribution >= 4 is 28.8 Å². The van der Waals surface area contributed by atoms with Gasteiger partial charge in [0.1, 0.15) is 28.7 Å². The Morgan fingerprint density at radius 3 is 2.39 bits per heavy atom. The molecule has 6 rings (SSSR count). The lowest BCUT2D eigenvalue weighted by Crippen LogP contribution is -2.33. The van der Waals surface area contributed by atoms with Crippen LogP contribution in [-0.2, 0) is 0 Å². The summed E-state index contributed by atoms with van der Waals surface area (Å²) in [6.07, 6.45) is 3.33. The van der Waals surface area contributed by atoms with Crippen LogP contribution in [0.2, 0.25) is 0 Å². The van der Waals surface area contributed by atoms with Crippen LogP contribution >= 0.6 is 0 Å². The fraction of sp³-hybridized carbons (Fsp3) is 0.219. The van der Waals surface area contributed by atoms with Crippen molar-refractivity contribution in [3.63, 3.8) is 0 Å². The Hall–Kier alpha value is -4.92. The standard InChI is InChI=1S/C32H28FN3O5/c1-17-13-27(39-4)25(31(38)36(22-10-11-22)32-35-16-18(2)40-32)15-23(17)20-7-12-26-24(14-20)28(30(37)34-3)29(41-26)19-5-8-21(33)9-6-19/h5-9,12-16,22H,10-11H2,1-4H3,(H,34,37). The molecule has 1 aliphatic rings. The Kier molecular flexibility index (Phi) is 6.57. The maximum atomic E-state index is 13.9. The summed E-state index contributed by atoms with van der Waals surface area (Å²) in [4.78, 5) is 32.9. The zero-order chi connectivity index (χ0) is 28.8. The summed E-state index contributed by atoms with van der Waals surface area (Å²) >= 11 is 0. The Labute approximate surface area is 235 Å². The molecule has 0 saturated heterocycles. The van der Waals surface area contributed by atoms with E-state index in [1.165, 1.54) is 19.2 Å². The molecule has 3 aromatic carbocycles. The molecule has 41 heavy (non-hydrogen) atoms. The van der Waals surface area contributed by atoms with Gasteiger partial charge in [-0.05, 0) is 91.9 Å². The molecule has 0 radical (unpaired) electrons. The number of oxazole rings is 1. The molecule has 208 valence electrons. The molecule has 1 aliphatic carbocycles. The number of furan rings is 1. The van der Waals surface area contributed by atoms with E-state index in [0.717, 1.165) is 29.5 Å². The molecule has 0 aliphatic heterocycles. The van der Waals surface area contributed by atoms with Gasteiger partial charge in [0.2, 0.25) is 0 Å². The molecule has 1 N–H and O–H groups in total. The van der Waals surface area contributed by atoms with Crippen molar-refractivity contribution in [3.05, 3.63) is 89.1 Å².